The maximum Gasteiger partial charge on any atom is 0.271 e. The van der Waals surface area contributed by atoms with Crippen molar-refractivity contribution in [3.05, 3.63) is 86.4 Å². The number of aromatic nitrogens is 2. The van der Waals surface area contributed by atoms with Gasteiger partial charge < -0.3 is 5.11 Å². The molecule has 0 saturated carbocycles. The fourth-order valence-electron chi connectivity index (χ4n) is 2.61. The quantitative estimate of drug-likeness (QED) is 0.702. The summed E-state index contributed by atoms with van der Waals surface area (Å²) in [6.45, 7) is 1.70. The van der Waals surface area contributed by atoms with Gasteiger partial charge >= 0.3 is 0 Å². The Hall–Kier alpha value is -3.43. The molecule has 1 aromatic carbocycles. The van der Waals surface area contributed by atoms with Crippen molar-refractivity contribution >= 4 is 23.5 Å². The van der Waals surface area contributed by atoms with Gasteiger partial charge in [0, 0.05) is 23.6 Å². The van der Waals surface area contributed by atoms with Crippen LogP contribution in [0.25, 0.3) is 0 Å². The molecule has 0 radical (unpaired) electrons. The number of rotatable bonds is 4. The highest BCUT2D eigenvalue weighted by Crippen LogP contribution is 2.22. The molecular formula is C20H15ClN4O2. The molecule has 0 aliphatic carbocycles. The summed E-state index contributed by atoms with van der Waals surface area (Å²) in [5.74, 6) is -0.252. The van der Waals surface area contributed by atoms with Gasteiger partial charge in [0.2, 0.25) is 5.88 Å². The zero-order valence-corrected chi connectivity index (χ0v) is 15.2. The van der Waals surface area contributed by atoms with E-state index in [0.29, 0.717) is 21.8 Å². The molecule has 0 bridgehead atoms. The predicted molar refractivity (Wildman–Crippen MR) is 104 cm³/mol. The summed E-state index contributed by atoms with van der Waals surface area (Å²) in [7, 11) is 0. The fraction of sp³-hybridized carbons (Fsp3) is 0.100. The highest BCUT2D eigenvalue weighted by atomic mass is 35.5. The van der Waals surface area contributed by atoms with E-state index in [4.69, 9.17) is 11.6 Å². The Morgan fingerprint density at radius 1 is 1.33 bits per heavy atom. The van der Waals surface area contributed by atoms with Crippen molar-refractivity contribution in [1.29, 1.82) is 5.26 Å². The average molecular weight is 379 g/mol. The third-order valence-corrected chi connectivity index (χ3v) is 4.33. The van der Waals surface area contributed by atoms with Gasteiger partial charge in [-0.2, -0.15) is 5.26 Å². The fourth-order valence-corrected chi connectivity index (χ4v) is 2.74. The Kier molecular flexibility index (Phi) is 5.34. The third-order valence-electron chi connectivity index (χ3n) is 4.08. The topological polar surface area (TPSA) is 91.3 Å². The molecule has 6 nitrogen and oxygen atoms in total. The molecule has 3 aromatic rings. The molecular weight excluding hydrogens is 364 g/mol. The Balaban J connectivity index is 2.10. The summed E-state index contributed by atoms with van der Waals surface area (Å²) in [4.78, 5) is 20.9. The van der Waals surface area contributed by atoms with Crippen LogP contribution in [0.5, 0.6) is 5.88 Å². The first-order valence-electron chi connectivity index (χ1n) is 8.06. The van der Waals surface area contributed by atoms with Gasteiger partial charge in [0.05, 0.1) is 17.8 Å². The molecule has 0 atom stereocenters. The first kappa shape index (κ1) is 18.4. The van der Waals surface area contributed by atoms with Crippen LogP contribution < -0.4 is 5.56 Å². The zero-order valence-electron chi connectivity index (χ0n) is 14.4. The minimum absolute atomic E-state index is 0.0331. The van der Waals surface area contributed by atoms with Crippen LogP contribution in [0.1, 0.15) is 22.3 Å². The van der Waals surface area contributed by atoms with Crippen molar-refractivity contribution in [1.82, 2.24) is 9.55 Å². The zero-order chi connectivity index (χ0) is 19.4. The number of pyridine rings is 2. The minimum atomic E-state index is -0.556. The molecule has 0 saturated heterocycles. The molecule has 134 valence electrons. The molecule has 0 unspecified atom stereocenters. The predicted octanol–water partition coefficient (Wildman–Crippen LogP) is 3.58. The first-order valence-corrected chi connectivity index (χ1v) is 8.44. The second-order valence-electron chi connectivity index (χ2n) is 5.84. The molecule has 3 rings (SSSR count). The molecule has 1 N–H and O–H groups in total. The lowest BCUT2D eigenvalue weighted by atomic mass is 10.1. The van der Waals surface area contributed by atoms with Gasteiger partial charge in [0.15, 0.2) is 0 Å². The van der Waals surface area contributed by atoms with Gasteiger partial charge in [0.25, 0.3) is 5.56 Å². The van der Waals surface area contributed by atoms with Crippen molar-refractivity contribution in [3.8, 4) is 11.9 Å². The van der Waals surface area contributed by atoms with E-state index in [0.717, 1.165) is 10.1 Å². The lowest BCUT2D eigenvalue weighted by Gasteiger charge is -2.14. The lowest BCUT2D eigenvalue weighted by molar-refractivity contribution is 0.413. The number of hydrogen-bond donors (Lipinski definition) is 1. The molecule has 0 fully saturated rings. The summed E-state index contributed by atoms with van der Waals surface area (Å²) >= 11 is 5.86. The number of benzene rings is 1. The van der Waals surface area contributed by atoms with Crippen molar-refractivity contribution in [2.75, 3.05) is 0 Å². The van der Waals surface area contributed by atoms with Crippen molar-refractivity contribution < 1.29 is 5.11 Å². The maximum atomic E-state index is 12.6. The number of aromatic hydroxyl groups is 1. The number of halogens is 1. The number of aliphatic imine (C=N–C) groups is 1. The second-order valence-corrected chi connectivity index (χ2v) is 6.27. The van der Waals surface area contributed by atoms with Crippen LogP contribution in [-0.4, -0.2) is 20.9 Å². The molecule has 2 aromatic heterocycles. The smallest absolute Gasteiger partial charge is 0.271 e. The summed E-state index contributed by atoms with van der Waals surface area (Å²) in [6, 6.07) is 12.3. The van der Waals surface area contributed by atoms with E-state index in [1.54, 1.807) is 55.7 Å². The van der Waals surface area contributed by atoms with Crippen LogP contribution in [0.2, 0.25) is 5.02 Å². The number of hydrogen-bond acceptors (Lipinski definition) is 5. The average Bonchev–Trinajstić information content (AvgIpc) is 2.68. The standard InChI is InChI=1S/C20H15ClN4O2/c1-13-17(9-22)19(26)25(12-14-3-2-8-23-10-14)20(27)18(13)11-24-16-6-4-15(21)5-7-16/h2-8,10-11,27H,12H2,1H3. The largest absolute Gasteiger partial charge is 0.494 e. The lowest BCUT2D eigenvalue weighted by Crippen LogP contribution is -2.26. The van der Waals surface area contributed by atoms with Crippen LogP contribution in [0, 0.1) is 18.3 Å². The summed E-state index contributed by atoms with van der Waals surface area (Å²) in [5.41, 5.74) is 1.45. The Labute approximate surface area is 160 Å². The molecule has 2 heterocycles. The van der Waals surface area contributed by atoms with E-state index in [2.05, 4.69) is 9.98 Å². The molecule has 7 heteroatoms. The monoisotopic (exact) mass is 378 g/mol. The van der Waals surface area contributed by atoms with Crippen LogP contribution in [-0.2, 0) is 6.54 Å². The SMILES string of the molecule is Cc1c(C=Nc2ccc(Cl)cc2)c(O)n(Cc2cccnc2)c(=O)c1C#N. The third kappa shape index (κ3) is 3.89. The molecule has 0 spiro atoms. The minimum Gasteiger partial charge on any atom is -0.494 e. The van der Waals surface area contributed by atoms with Crippen molar-refractivity contribution in [3.63, 3.8) is 0 Å². The van der Waals surface area contributed by atoms with E-state index in [1.807, 2.05) is 6.07 Å². The van der Waals surface area contributed by atoms with E-state index in [1.165, 1.54) is 6.21 Å². The summed E-state index contributed by atoms with van der Waals surface area (Å²) in [5, 5.41) is 20.7. The van der Waals surface area contributed by atoms with Gasteiger partial charge in [0.1, 0.15) is 11.6 Å². The first-order chi connectivity index (χ1) is 13.0. The van der Waals surface area contributed by atoms with Gasteiger partial charge in [-0.3, -0.25) is 19.3 Å². The van der Waals surface area contributed by atoms with E-state index in [-0.39, 0.29) is 18.0 Å². The highest BCUT2D eigenvalue weighted by molar-refractivity contribution is 6.30. The van der Waals surface area contributed by atoms with Crippen LogP contribution in [0.15, 0.2) is 58.6 Å². The van der Waals surface area contributed by atoms with Gasteiger partial charge in [-0.05, 0) is 48.4 Å². The summed E-state index contributed by atoms with van der Waals surface area (Å²) < 4.78 is 1.14. The second kappa shape index (κ2) is 7.85. The van der Waals surface area contributed by atoms with Crippen LogP contribution >= 0.6 is 11.6 Å². The molecule has 0 amide bonds. The van der Waals surface area contributed by atoms with Gasteiger partial charge in [-0.15, -0.1) is 0 Å². The van der Waals surface area contributed by atoms with E-state index < -0.39 is 5.56 Å². The van der Waals surface area contributed by atoms with Crippen molar-refractivity contribution in [2.24, 2.45) is 4.99 Å². The molecule has 27 heavy (non-hydrogen) atoms. The van der Waals surface area contributed by atoms with Crippen molar-refractivity contribution in [2.45, 2.75) is 13.5 Å². The van der Waals surface area contributed by atoms with E-state index >= 15 is 0 Å². The Morgan fingerprint density at radius 3 is 2.70 bits per heavy atom. The van der Waals surface area contributed by atoms with Crippen LogP contribution in [0.3, 0.4) is 0 Å². The van der Waals surface area contributed by atoms with E-state index in [9.17, 15) is 15.2 Å². The van der Waals surface area contributed by atoms with Gasteiger partial charge in [-0.25, -0.2) is 0 Å². The maximum absolute atomic E-state index is 12.6. The Morgan fingerprint density at radius 2 is 2.07 bits per heavy atom. The normalized spacial score (nSPS) is 10.9. The number of nitriles is 1. The molecule has 0 aliphatic heterocycles. The number of nitrogens with zero attached hydrogens (tertiary/aromatic N) is 4. The highest BCUT2D eigenvalue weighted by Gasteiger charge is 2.18. The summed E-state index contributed by atoms with van der Waals surface area (Å²) in [6.07, 6.45) is 4.65. The molecule has 0 aliphatic rings. The van der Waals surface area contributed by atoms with Crippen LogP contribution in [0.4, 0.5) is 5.69 Å². The Bertz CT molecular complexity index is 1100. The van der Waals surface area contributed by atoms with Gasteiger partial charge in [-0.1, -0.05) is 17.7 Å².